The van der Waals surface area contributed by atoms with E-state index in [1.165, 1.54) is 11.1 Å². The second kappa shape index (κ2) is 8.25. The van der Waals surface area contributed by atoms with Gasteiger partial charge in [-0.15, -0.1) is 0 Å². The van der Waals surface area contributed by atoms with E-state index in [1.807, 2.05) is 45.0 Å². The van der Waals surface area contributed by atoms with Crippen LogP contribution >= 0.6 is 0 Å². The zero-order valence-electron chi connectivity index (χ0n) is 17.2. The van der Waals surface area contributed by atoms with Crippen LogP contribution in [-0.4, -0.2) is 34.9 Å². The molecule has 1 aliphatic carbocycles. The van der Waals surface area contributed by atoms with Gasteiger partial charge in [0.2, 0.25) is 0 Å². The predicted molar refractivity (Wildman–Crippen MR) is 110 cm³/mol. The zero-order chi connectivity index (χ0) is 21.2. The molecule has 0 spiro atoms. The van der Waals surface area contributed by atoms with E-state index >= 15 is 0 Å². The summed E-state index contributed by atoms with van der Waals surface area (Å²) in [5.41, 5.74) is 5.13. The maximum Gasteiger partial charge on any atom is 0.408 e. The lowest BCUT2D eigenvalue weighted by Gasteiger charge is -2.29. The molecule has 0 radical (unpaired) electrons. The van der Waals surface area contributed by atoms with Crippen molar-refractivity contribution in [3.05, 3.63) is 59.2 Å². The van der Waals surface area contributed by atoms with E-state index in [0.29, 0.717) is 0 Å². The lowest BCUT2D eigenvalue weighted by atomic mass is 10.0. The molecule has 2 aromatic carbocycles. The van der Waals surface area contributed by atoms with Crippen molar-refractivity contribution in [3.63, 3.8) is 0 Å². The molecular formula is C23H27NO5. The lowest BCUT2D eigenvalue weighted by molar-refractivity contribution is -0.147. The van der Waals surface area contributed by atoms with Crippen LogP contribution in [-0.2, 0) is 27.3 Å². The van der Waals surface area contributed by atoms with Crippen LogP contribution in [0.2, 0.25) is 0 Å². The van der Waals surface area contributed by atoms with E-state index in [9.17, 15) is 14.7 Å². The van der Waals surface area contributed by atoms with Crippen LogP contribution in [0, 0.1) is 0 Å². The van der Waals surface area contributed by atoms with E-state index in [4.69, 9.17) is 9.47 Å². The van der Waals surface area contributed by atoms with Crippen molar-refractivity contribution in [2.24, 2.45) is 0 Å². The average molecular weight is 397 g/mol. The lowest BCUT2D eigenvalue weighted by Crippen LogP contribution is -2.50. The van der Waals surface area contributed by atoms with Gasteiger partial charge < -0.3 is 19.9 Å². The van der Waals surface area contributed by atoms with Crippen molar-refractivity contribution in [1.82, 2.24) is 5.32 Å². The number of aliphatic carboxylic acids is 1. The fourth-order valence-corrected chi connectivity index (χ4v) is 3.68. The standard InChI is InChI=1S/C23H27NO5/c1-14(29-23(2,3)4)20(21(25)26)24-22(27)28-13-16-9-7-11-18-17-10-6-5-8-15(17)12-19(16)18/h5-11,14,20H,12-13H2,1-4H3,(H,24,27)(H,25,26)/t14?,20-/m1/s1. The van der Waals surface area contributed by atoms with E-state index in [-0.39, 0.29) is 6.61 Å². The summed E-state index contributed by atoms with van der Waals surface area (Å²) in [4.78, 5) is 23.8. The highest BCUT2D eigenvalue weighted by molar-refractivity contribution is 5.81. The number of nitrogens with one attached hydrogen (secondary N) is 1. The molecule has 2 atom stereocenters. The van der Waals surface area contributed by atoms with Gasteiger partial charge in [0.15, 0.2) is 6.04 Å². The Morgan fingerprint density at radius 1 is 1.10 bits per heavy atom. The Kier molecular flexibility index (Phi) is 5.94. The molecule has 29 heavy (non-hydrogen) atoms. The first-order valence-electron chi connectivity index (χ1n) is 9.68. The molecule has 1 amide bonds. The molecule has 1 unspecified atom stereocenters. The highest BCUT2D eigenvalue weighted by atomic mass is 16.6. The fraction of sp³-hybridized carbons (Fsp3) is 0.391. The van der Waals surface area contributed by atoms with Gasteiger partial charge in [-0.1, -0.05) is 42.5 Å². The van der Waals surface area contributed by atoms with E-state index < -0.39 is 29.8 Å². The van der Waals surface area contributed by atoms with E-state index in [1.54, 1.807) is 6.92 Å². The normalized spacial score (nSPS) is 14.5. The summed E-state index contributed by atoms with van der Waals surface area (Å²) in [6.45, 7) is 7.17. The van der Waals surface area contributed by atoms with Gasteiger partial charge in [-0.3, -0.25) is 0 Å². The molecule has 6 heteroatoms. The van der Waals surface area contributed by atoms with Crippen molar-refractivity contribution in [2.75, 3.05) is 0 Å². The van der Waals surface area contributed by atoms with Crippen LogP contribution in [0.3, 0.4) is 0 Å². The first kappa shape index (κ1) is 20.9. The number of rotatable bonds is 6. The topological polar surface area (TPSA) is 84.9 Å². The smallest absolute Gasteiger partial charge is 0.408 e. The molecule has 0 aromatic heterocycles. The summed E-state index contributed by atoms with van der Waals surface area (Å²) in [5.74, 6) is -1.17. The first-order valence-corrected chi connectivity index (χ1v) is 9.68. The summed E-state index contributed by atoms with van der Waals surface area (Å²) in [6, 6.07) is 12.9. The monoisotopic (exact) mass is 397 g/mol. The molecule has 0 saturated heterocycles. The van der Waals surface area contributed by atoms with Crippen LogP contribution in [0.1, 0.15) is 44.4 Å². The summed E-state index contributed by atoms with van der Waals surface area (Å²) < 4.78 is 11.0. The van der Waals surface area contributed by atoms with E-state index in [0.717, 1.165) is 23.1 Å². The Balaban J connectivity index is 1.65. The molecule has 0 saturated carbocycles. The summed E-state index contributed by atoms with van der Waals surface area (Å²) >= 11 is 0. The molecular weight excluding hydrogens is 370 g/mol. The Morgan fingerprint density at radius 2 is 1.79 bits per heavy atom. The fourth-order valence-electron chi connectivity index (χ4n) is 3.68. The number of alkyl carbamates (subject to hydrolysis) is 1. The van der Waals surface area contributed by atoms with Gasteiger partial charge >= 0.3 is 12.1 Å². The van der Waals surface area contributed by atoms with Crippen LogP contribution in [0.15, 0.2) is 42.5 Å². The second-order valence-electron chi connectivity index (χ2n) is 8.25. The van der Waals surface area contributed by atoms with E-state index in [2.05, 4.69) is 23.5 Å². The average Bonchev–Trinajstić information content (AvgIpc) is 3.02. The summed E-state index contributed by atoms with van der Waals surface area (Å²) in [7, 11) is 0. The number of hydrogen-bond acceptors (Lipinski definition) is 4. The van der Waals surface area contributed by atoms with Gasteiger partial charge in [0.25, 0.3) is 0 Å². The number of carbonyl (C=O) groups excluding carboxylic acids is 1. The second-order valence-corrected chi connectivity index (χ2v) is 8.25. The molecule has 2 aromatic rings. The number of hydrogen-bond donors (Lipinski definition) is 2. The van der Waals surface area contributed by atoms with Gasteiger partial charge in [-0.2, -0.15) is 0 Å². The summed E-state index contributed by atoms with van der Waals surface area (Å²) in [5, 5.41) is 11.9. The minimum Gasteiger partial charge on any atom is -0.480 e. The Hall–Kier alpha value is -2.86. The minimum absolute atomic E-state index is 0.0733. The third-order valence-corrected chi connectivity index (χ3v) is 4.85. The number of carbonyl (C=O) groups is 2. The molecule has 0 fully saturated rings. The van der Waals surface area contributed by atoms with Crippen molar-refractivity contribution in [3.8, 4) is 11.1 Å². The SMILES string of the molecule is CC(OC(C)(C)C)[C@@H](NC(=O)OCc1cccc2c1Cc1ccccc1-2)C(=O)O. The first-order chi connectivity index (χ1) is 13.7. The number of benzene rings is 2. The van der Waals surface area contributed by atoms with Crippen molar-refractivity contribution >= 4 is 12.1 Å². The van der Waals surface area contributed by atoms with Crippen LogP contribution < -0.4 is 5.32 Å². The highest BCUT2D eigenvalue weighted by Crippen LogP contribution is 2.38. The minimum atomic E-state index is -1.20. The Labute approximate surface area is 170 Å². The zero-order valence-corrected chi connectivity index (χ0v) is 17.2. The van der Waals surface area contributed by atoms with Gasteiger partial charge in [0.05, 0.1) is 11.7 Å². The Morgan fingerprint density at radius 3 is 2.48 bits per heavy atom. The van der Waals surface area contributed by atoms with Crippen LogP contribution in [0.25, 0.3) is 11.1 Å². The third kappa shape index (κ3) is 4.95. The summed E-state index contributed by atoms with van der Waals surface area (Å²) in [6.07, 6.45) is -0.702. The number of fused-ring (bicyclic) bond motifs is 3. The molecule has 3 rings (SSSR count). The van der Waals surface area contributed by atoms with Gasteiger partial charge in [0.1, 0.15) is 6.61 Å². The molecule has 0 aliphatic heterocycles. The third-order valence-electron chi connectivity index (χ3n) is 4.85. The quantitative estimate of drug-likeness (QED) is 0.653. The van der Waals surface area contributed by atoms with Gasteiger partial charge in [-0.25, -0.2) is 9.59 Å². The number of carboxylic acid groups (broad SMARTS) is 1. The maximum absolute atomic E-state index is 12.3. The van der Waals surface area contributed by atoms with Crippen molar-refractivity contribution < 1.29 is 24.2 Å². The Bertz CT molecular complexity index is 916. The number of carboxylic acids is 1. The van der Waals surface area contributed by atoms with Crippen molar-refractivity contribution in [1.29, 1.82) is 0 Å². The van der Waals surface area contributed by atoms with Gasteiger partial charge in [-0.05, 0) is 61.9 Å². The van der Waals surface area contributed by atoms with Crippen LogP contribution in [0.5, 0.6) is 0 Å². The van der Waals surface area contributed by atoms with Gasteiger partial charge in [0, 0.05) is 0 Å². The molecule has 0 heterocycles. The molecule has 154 valence electrons. The highest BCUT2D eigenvalue weighted by Gasteiger charge is 2.31. The molecule has 1 aliphatic rings. The maximum atomic E-state index is 12.3. The van der Waals surface area contributed by atoms with Crippen LogP contribution in [0.4, 0.5) is 4.79 Å². The number of ether oxygens (including phenoxy) is 2. The largest absolute Gasteiger partial charge is 0.480 e. The molecule has 0 bridgehead atoms. The molecule has 2 N–H and O–H groups in total. The predicted octanol–water partition coefficient (Wildman–Crippen LogP) is 4.14. The number of amides is 1. The van der Waals surface area contributed by atoms with Crippen molar-refractivity contribution in [2.45, 2.75) is 58.5 Å². The molecule has 6 nitrogen and oxygen atoms in total.